The van der Waals surface area contributed by atoms with Crippen LogP contribution in [0.2, 0.25) is 5.02 Å². The third kappa shape index (κ3) is 6.40. The number of amides is 2. The van der Waals surface area contributed by atoms with Crippen molar-refractivity contribution in [2.45, 2.75) is 39.8 Å². The summed E-state index contributed by atoms with van der Waals surface area (Å²) in [6.45, 7) is 6.70. The second kappa shape index (κ2) is 10.1. The Morgan fingerprint density at radius 2 is 1.63 bits per heavy atom. The molecular formula is C22H27ClN2O2. The van der Waals surface area contributed by atoms with Crippen LogP contribution in [0.15, 0.2) is 54.6 Å². The third-order valence-electron chi connectivity index (χ3n) is 4.35. The van der Waals surface area contributed by atoms with Gasteiger partial charge in [0.05, 0.1) is 6.42 Å². The van der Waals surface area contributed by atoms with Crippen LogP contribution in [0.4, 0.5) is 0 Å². The van der Waals surface area contributed by atoms with Crippen molar-refractivity contribution in [2.24, 2.45) is 5.92 Å². The Morgan fingerprint density at radius 1 is 1.00 bits per heavy atom. The topological polar surface area (TPSA) is 49.4 Å². The number of nitrogens with one attached hydrogen (secondary N) is 1. The van der Waals surface area contributed by atoms with Gasteiger partial charge in [-0.1, -0.05) is 74.0 Å². The largest absolute Gasteiger partial charge is 0.354 e. The van der Waals surface area contributed by atoms with E-state index >= 15 is 0 Å². The Labute approximate surface area is 166 Å². The van der Waals surface area contributed by atoms with Crippen molar-refractivity contribution in [3.05, 3.63) is 70.7 Å². The molecule has 0 aliphatic rings. The highest BCUT2D eigenvalue weighted by atomic mass is 35.5. The first-order valence-electron chi connectivity index (χ1n) is 9.23. The first kappa shape index (κ1) is 21.0. The lowest BCUT2D eigenvalue weighted by molar-refractivity contribution is -0.140. The van der Waals surface area contributed by atoms with Crippen LogP contribution in [0.1, 0.15) is 31.9 Å². The molecule has 1 unspecified atom stereocenters. The molecule has 0 saturated carbocycles. The Kier molecular flexibility index (Phi) is 7.86. The molecule has 4 nitrogen and oxygen atoms in total. The zero-order valence-corrected chi connectivity index (χ0v) is 16.9. The molecule has 1 atom stereocenters. The Balaban J connectivity index is 2.20. The molecule has 1 N–H and O–H groups in total. The molecule has 2 amide bonds. The van der Waals surface area contributed by atoms with Gasteiger partial charge in [-0.05, 0) is 30.0 Å². The molecule has 0 aromatic heterocycles. The summed E-state index contributed by atoms with van der Waals surface area (Å²) in [5.74, 6) is 0.0867. The van der Waals surface area contributed by atoms with Crippen LogP contribution in [0.25, 0.3) is 0 Å². The van der Waals surface area contributed by atoms with Crippen LogP contribution < -0.4 is 5.32 Å². The van der Waals surface area contributed by atoms with Crippen molar-refractivity contribution in [3.8, 4) is 0 Å². The van der Waals surface area contributed by atoms with E-state index < -0.39 is 6.04 Å². The molecule has 0 aliphatic carbocycles. The molecule has 144 valence electrons. The van der Waals surface area contributed by atoms with Crippen LogP contribution in [0.3, 0.4) is 0 Å². The minimum atomic E-state index is -0.587. The summed E-state index contributed by atoms with van der Waals surface area (Å²) in [6, 6.07) is 16.4. The van der Waals surface area contributed by atoms with E-state index in [2.05, 4.69) is 5.32 Å². The molecule has 0 fully saturated rings. The molecule has 2 aromatic carbocycles. The molecular weight excluding hydrogens is 360 g/mol. The maximum Gasteiger partial charge on any atom is 0.242 e. The normalized spacial score (nSPS) is 11.9. The van der Waals surface area contributed by atoms with E-state index in [0.717, 1.165) is 11.1 Å². The Hall–Kier alpha value is -2.33. The van der Waals surface area contributed by atoms with E-state index in [1.165, 1.54) is 0 Å². The Morgan fingerprint density at radius 3 is 2.26 bits per heavy atom. The van der Waals surface area contributed by atoms with Gasteiger partial charge in [-0.3, -0.25) is 9.59 Å². The quantitative estimate of drug-likeness (QED) is 0.743. The average Bonchev–Trinajstić information content (AvgIpc) is 2.65. The van der Waals surface area contributed by atoms with Crippen LogP contribution in [-0.2, 0) is 22.6 Å². The first-order chi connectivity index (χ1) is 12.9. The summed E-state index contributed by atoms with van der Waals surface area (Å²) in [7, 11) is 0. The second-order valence-corrected chi connectivity index (χ2v) is 7.50. The minimum Gasteiger partial charge on any atom is -0.354 e. The van der Waals surface area contributed by atoms with Crippen LogP contribution in [0.5, 0.6) is 0 Å². The molecule has 5 heteroatoms. The number of rotatable bonds is 8. The fraction of sp³-hybridized carbons (Fsp3) is 0.364. The summed E-state index contributed by atoms with van der Waals surface area (Å²) >= 11 is 6.28. The third-order valence-corrected chi connectivity index (χ3v) is 4.72. The van der Waals surface area contributed by atoms with Crippen molar-refractivity contribution < 1.29 is 9.59 Å². The van der Waals surface area contributed by atoms with Gasteiger partial charge in [0.1, 0.15) is 6.04 Å². The predicted molar refractivity (Wildman–Crippen MR) is 109 cm³/mol. The van der Waals surface area contributed by atoms with E-state index in [9.17, 15) is 9.59 Å². The highest BCUT2D eigenvalue weighted by molar-refractivity contribution is 6.31. The Bertz CT molecular complexity index is 762. The molecule has 27 heavy (non-hydrogen) atoms. The molecule has 0 spiro atoms. The van der Waals surface area contributed by atoms with Crippen molar-refractivity contribution in [2.75, 3.05) is 6.54 Å². The van der Waals surface area contributed by atoms with E-state index in [0.29, 0.717) is 24.0 Å². The van der Waals surface area contributed by atoms with Gasteiger partial charge in [-0.2, -0.15) is 0 Å². The molecule has 0 heterocycles. The highest BCUT2D eigenvalue weighted by Gasteiger charge is 2.26. The fourth-order valence-corrected chi connectivity index (χ4v) is 2.91. The predicted octanol–water partition coefficient (Wildman–Crippen LogP) is 4.07. The molecule has 0 radical (unpaired) electrons. The number of halogens is 1. The molecule has 0 saturated heterocycles. The fourth-order valence-electron chi connectivity index (χ4n) is 2.72. The average molecular weight is 387 g/mol. The monoisotopic (exact) mass is 386 g/mol. The van der Waals surface area contributed by atoms with Gasteiger partial charge in [0.25, 0.3) is 0 Å². The second-order valence-electron chi connectivity index (χ2n) is 7.09. The van der Waals surface area contributed by atoms with Crippen molar-refractivity contribution >= 4 is 23.4 Å². The molecule has 0 aliphatic heterocycles. The standard InChI is InChI=1S/C22H27ClN2O2/c1-16(2)14-24-22(27)17(3)25(15-19-11-7-8-12-20(19)23)21(26)13-18-9-5-4-6-10-18/h4-12,16-17H,13-15H2,1-3H3,(H,24,27). The number of hydrogen-bond acceptors (Lipinski definition) is 2. The highest BCUT2D eigenvalue weighted by Crippen LogP contribution is 2.19. The lowest BCUT2D eigenvalue weighted by Gasteiger charge is -2.29. The zero-order valence-electron chi connectivity index (χ0n) is 16.1. The number of carbonyl (C=O) groups excluding carboxylic acids is 2. The summed E-state index contributed by atoms with van der Waals surface area (Å²) in [6.07, 6.45) is 0.243. The van der Waals surface area contributed by atoms with E-state index in [1.54, 1.807) is 17.9 Å². The maximum absolute atomic E-state index is 13.0. The molecule has 2 aromatic rings. The lowest BCUT2D eigenvalue weighted by atomic mass is 10.1. The zero-order chi connectivity index (χ0) is 19.8. The summed E-state index contributed by atoms with van der Waals surface area (Å²) in [4.78, 5) is 27.2. The van der Waals surface area contributed by atoms with Gasteiger partial charge in [-0.25, -0.2) is 0 Å². The van der Waals surface area contributed by atoms with Gasteiger partial charge < -0.3 is 10.2 Å². The number of carbonyl (C=O) groups is 2. The number of nitrogens with zero attached hydrogens (tertiary/aromatic N) is 1. The first-order valence-corrected chi connectivity index (χ1v) is 9.60. The van der Waals surface area contributed by atoms with Crippen LogP contribution in [-0.4, -0.2) is 29.3 Å². The summed E-state index contributed by atoms with van der Waals surface area (Å²) < 4.78 is 0. The smallest absolute Gasteiger partial charge is 0.242 e. The summed E-state index contributed by atoms with van der Waals surface area (Å²) in [5, 5.41) is 3.50. The lowest BCUT2D eigenvalue weighted by Crippen LogP contribution is -2.48. The van der Waals surface area contributed by atoms with E-state index in [1.807, 2.05) is 62.4 Å². The van der Waals surface area contributed by atoms with Crippen molar-refractivity contribution in [1.29, 1.82) is 0 Å². The van der Waals surface area contributed by atoms with Gasteiger partial charge in [0, 0.05) is 18.1 Å². The van der Waals surface area contributed by atoms with Gasteiger partial charge in [-0.15, -0.1) is 0 Å². The van der Waals surface area contributed by atoms with E-state index in [-0.39, 0.29) is 18.2 Å². The number of benzene rings is 2. The molecule has 2 rings (SSSR count). The van der Waals surface area contributed by atoms with Crippen molar-refractivity contribution in [3.63, 3.8) is 0 Å². The summed E-state index contributed by atoms with van der Waals surface area (Å²) in [5.41, 5.74) is 1.74. The van der Waals surface area contributed by atoms with E-state index in [4.69, 9.17) is 11.6 Å². The van der Waals surface area contributed by atoms with Gasteiger partial charge >= 0.3 is 0 Å². The van der Waals surface area contributed by atoms with Gasteiger partial charge in [0.15, 0.2) is 0 Å². The van der Waals surface area contributed by atoms with Crippen LogP contribution >= 0.6 is 11.6 Å². The SMILES string of the molecule is CC(C)CNC(=O)C(C)N(Cc1ccccc1Cl)C(=O)Cc1ccccc1. The van der Waals surface area contributed by atoms with Gasteiger partial charge in [0.2, 0.25) is 11.8 Å². The molecule has 0 bridgehead atoms. The van der Waals surface area contributed by atoms with Crippen molar-refractivity contribution in [1.82, 2.24) is 10.2 Å². The number of hydrogen-bond donors (Lipinski definition) is 1. The maximum atomic E-state index is 13.0. The minimum absolute atomic E-state index is 0.103. The van der Waals surface area contributed by atoms with Crippen LogP contribution in [0, 0.1) is 5.92 Å².